The van der Waals surface area contributed by atoms with Crippen molar-refractivity contribution in [2.75, 3.05) is 0 Å². The average molecular weight is 261 g/mol. The summed E-state index contributed by atoms with van der Waals surface area (Å²) in [5, 5.41) is 5.00. The van der Waals surface area contributed by atoms with E-state index in [0.29, 0.717) is 11.6 Å². The molecule has 0 aliphatic carbocycles. The molecule has 0 saturated heterocycles. The minimum atomic E-state index is 0.160. The normalized spacial score (nSPS) is 10.8. The molecule has 3 rings (SSSR count). The number of halogens is 1. The summed E-state index contributed by atoms with van der Waals surface area (Å²) in [4.78, 5) is 8.24. The SMILES string of the molecule is Cn1cc(Oc2nc(Cl)nc3ccccc23)cn1. The van der Waals surface area contributed by atoms with Crippen molar-refractivity contribution in [1.29, 1.82) is 0 Å². The van der Waals surface area contributed by atoms with Crippen molar-refractivity contribution in [3.05, 3.63) is 41.9 Å². The van der Waals surface area contributed by atoms with Crippen LogP contribution < -0.4 is 4.74 Å². The van der Waals surface area contributed by atoms with Gasteiger partial charge in [0.2, 0.25) is 11.2 Å². The smallest absolute Gasteiger partial charge is 0.231 e. The van der Waals surface area contributed by atoms with Crippen LogP contribution in [0.3, 0.4) is 0 Å². The first-order valence-corrected chi connectivity index (χ1v) is 5.69. The maximum atomic E-state index is 5.87. The Morgan fingerprint density at radius 3 is 2.83 bits per heavy atom. The Kier molecular flexibility index (Phi) is 2.60. The molecule has 2 heterocycles. The van der Waals surface area contributed by atoms with Crippen LogP contribution in [-0.4, -0.2) is 19.7 Å². The first-order valence-electron chi connectivity index (χ1n) is 5.31. The topological polar surface area (TPSA) is 52.8 Å². The zero-order chi connectivity index (χ0) is 12.5. The third-order valence-electron chi connectivity index (χ3n) is 2.44. The molecule has 3 aromatic rings. The third-order valence-corrected chi connectivity index (χ3v) is 2.61. The van der Waals surface area contributed by atoms with Crippen molar-refractivity contribution in [3.63, 3.8) is 0 Å². The molecule has 0 unspecified atom stereocenters. The molecule has 0 spiro atoms. The van der Waals surface area contributed by atoms with Gasteiger partial charge in [-0.2, -0.15) is 10.1 Å². The zero-order valence-electron chi connectivity index (χ0n) is 9.54. The third kappa shape index (κ3) is 2.00. The number of fused-ring (bicyclic) bond motifs is 1. The molecule has 0 bridgehead atoms. The number of ether oxygens (including phenoxy) is 1. The highest BCUT2D eigenvalue weighted by Gasteiger charge is 2.09. The van der Waals surface area contributed by atoms with E-state index in [2.05, 4.69) is 15.1 Å². The van der Waals surface area contributed by atoms with Crippen molar-refractivity contribution in [3.8, 4) is 11.6 Å². The minimum Gasteiger partial charge on any atom is -0.435 e. The molecule has 18 heavy (non-hydrogen) atoms. The van der Waals surface area contributed by atoms with E-state index in [0.717, 1.165) is 10.9 Å². The molecule has 0 fully saturated rings. The van der Waals surface area contributed by atoms with Gasteiger partial charge in [0.15, 0.2) is 5.75 Å². The Labute approximate surface area is 108 Å². The standard InChI is InChI=1S/C12H9ClN4O/c1-17-7-8(6-14-17)18-11-9-4-2-3-5-10(9)15-12(13)16-11/h2-7H,1H3. The Morgan fingerprint density at radius 1 is 1.22 bits per heavy atom. The first-order chi connectivity index (χ1) is 8.72. The molecule has 0 aliphatic rings. The van der Waals surface area contributed by atoms with E-state index >= 15 is 0 Å². The van der Waals surface area contributed by atoms with Crippen molar-refractivity contribution in [1.82, 2.24) is 19.7 Å². The number of hydrogen-bond acceptors (Lipinski definition) is 4. The molecule has 1 aromatic carbocycles. The lowest BCUT2D eigenvalue weighted by Crippen LogP contribution is -1.92. The molecule has 0 radical (unpaired) electrons. The number of rotatable bonds is 2. The minimum absolute atomic E-state index is 0.160. The molecule has 90 valence electrons. The van der Waals surface area contributed by atoms with Crippen LogP contribution in [0.4, 0.5) is 0 Å². The Hall–Kier alpha value is -2.14. The molecule has 2 aromatic heterocycles. The number of nitrogens with zero attached hydrogens (tertiary/aromatic N) is 4. The van der Waals surface area contributed by atoms with Gasteiger partial charge in [-0.05, 0) is 23.7 Å². The molecule has 0 atom stereocenters. The fourth-order valence-electron chi connectivity index (χ4n) is 1.66. The van der Waals surface area contributed by atoms with Gasteiger partial charge in [0.25, 0.3) is 0 Å². The van der Waals surface area contributed by atoms with Gasteiger partial charge < -0.3 is 4.74 Å². The number of hydrogen-bond donors (Lipinski definition) is 0. The largest absolute Gasteiger partial charge is 0.435 e. The lowest BCUT2D eigenvalue weighted by atomic mass is 10.2. The fraction of sp³-hybridized carbons (Fsp3) is 0.0833. The van der Waals surface area contributed by atoms with Gasteiger partial charge in [0, 0.05) is 7.05 Å². The predicted octanol–water partition coefficient (Wildman–Crippen LogP) is 2.81. The van der Waals surface area contributed by atoms with Gasteiger partial charge >= 0.3 is 0 Å². The molecule has 0 aliphatic heterocycles. The van der Waals surface area contributed by atoms with Crippen LogP contribution in [0.2, 0.25) is 5.28 Å². The fourth-order valence-corrected chi connectivity index (χ4v) is 1.83. The summed E-state index contributed by atoms with van der Waals surface area (Å²) in [6.07, 6.45) is 3.37. The maximum absolute atomic E-state index is 5.87. The van der Waals surface area contributed by atoms with Gasteiger partial charge in [0.05, 0.1) is 23.3 Å². The Morgan fingerprint density at radius 2 is 2.06 bits per heavy atom. The van der Waals surface area contributed by atoms with Crippen molar-refractivity contribution in [2.45, 2.75) is 0 Å². The molecule has 5 nitrogen and oxygen atoms in total. The van der Waals surface area contributed by atoms with E-state index in [1.807, 2.05) is 31.3 Å². The van der Waals surface area contributed by atoms with Gasteiger partial charge in [-0.3, -0.25) is 4.68 Å². The quantitative estimate of drug-likeness (QED) is 0.665. The molecule has 0 N–H and O–H groups in total. The number of aryl methyl sites for hydroxylation is 1. The Bertz CT molecular complexity index is 710. The van der Waals surface area contributed by atoms with Crippen LogP contribution >= 0.6 is 11.6 Å². The lowest BCUT2D eigenvalue weighted by Gasteiger charge is -2.05. The molecule has 0 saturated carbocycles. The summed E-state index contributed by atoms with van der Waals surface area (Å²) in [5.74, 6) is 1.04. The Balaban J connectivity index is 2.10. The monoisotopic (exact) mass is 260 g/mol. The zero-order valence-corrected chi connectivity index (χ0v) is 10.3. The summed E-state index contributed by atoms with van der Waals surface area (Å²) < 4.78 is 7.33. The second-order valence-corrected chi connectivity index (χ2v) is 4.10. The molecule has 6 heteroatoms. The second-order valence-electron chi connectivity index (χ2n) is 3.77. The predicted molar refractivity (Wildman–Crippen MR) is 67.8 cm³/mol. The van der Waals surface area contributed by atoms with Gasteiger partial charge in [-0.25, -0.2) is 4.98 Å². The van der Waals surface area contributed by atoms with Crippen LogP contribution in [0.25, 0.3) is 10.9 Å². The van der Waals surface area contributed by atoms with Crippen LogP contribution in [0, 0.1) is 0 Å². The number of para-hydroxylation sites is 1. The van der Waals surface area contributed by atoms with Gasteiger partial charge in [0.1, 0.15) is 0 Å². The highest BCUT2D eigenvalue weighted by molar-refractivity contribution is 6.28. The van der Waals surface area contributed by atoms with Crippen molar-refractivity contribution >= 4 is 22.5 Å². The van der Waals surface area contributed by atoms with Crippen LogP contribution in [-0.2, 0) is 7.05 Å². The maximum Gasteiger partial charge on any atom is 0.231 e. The van der Waals surface area contributed by atoms with E-state index in [1.54, 1.807) is 17.1 Å². The average Bonchev–Trinajstić information content (AvgIpc) is 2.74. The van der Waals surface area contributed by atoms with Crippen molar-refractivity contribution in [2.24, 2.45) is 7.05 Å². The summed E-state index contributed by atoms with van der Waals surface area (Å²) in [5.41, 5.74) is 0.747. The highest BCUT2D eigenvalue weighted by atomic mass is 35.5. The van der Waals surface area contributed by atoms with Gasteiger partial charge in [-0.1, -0.05) is 12.1 Å². The number of aromatic nitrogens is 4. The second kappa shape index (κ2) is 4.27. The van der Waals surface area contributed by atoms with E-state index in [1.165, 1.54) is 0 Å². The van der Waals surface area contributed by atoms with E-state index < -0.39 is 0 Å². The van der Waals surface area contributed by atoms with E-state index in [-0.39, 0.29) is 5.28 Å². The lowest BCUT2D eigenvalue weighted by molar-refractivity contribution is 0.467. The van der Waals surface area contributed by atoms with Crippen LogP contribution in [0.1, 0.15) is 0 Å². The summed E-state index contributed by atoms with van der Waals surface area (Å²) in [6.45, 7) is 0. The van der Waals surface area contributed by atoms with E-state index in [4.69, 9.17) is 16.3 Å². The summed E-state index contributed by atoms with van der Waals surface area (Å²) in [7, 11) is 1.82. The summed E-state index contributed by atoms with van der Waals surface area (Å²) in [6, 6.07) is 7.53. The molecular weight excluding hydrogens is 252 g/mol. The van der Waals surface area contributed by atoms with Crippen LogP contribution in [0.5, 0.6) is 11.6 Å². The van der Waals surface area contributed by atoms with Crippen molar-refractivity contribution < 1.29 is 4.74 Å². The van der Waals surface area contributed by atoms with Gasteiger partial charge in [-0.15, -0.1) is 0 Å². The van der Waals surface area contributed by atoms with Crippen LogP contribution in [0.15, 0.2) is 36.7 Å². The number of benzene rings is 1. The summed E-state index contributed by atoms with van der Waals surface area (Å²) >= 11 is 5.87. The molecule has 0 amide bonds. The highest BCUT2D eigenvalue weighted by Crippen LogP contribution is 2.27. The molecular formula is C12H9ClN4O. The first kappa shape index (κ1) is 11.0. The van der Waals surface area contributed by atoms with E-state index in [9.17, 15) is 0 Å².